The molecule has 0 unspecified atom stereocenters. The van der Waals surface area contributed by atoms with E-state index in [0.717, 1.165) is 18.7 Å². The summed E-state index contributed by atoms with van der Waals surface area (Å²) in [5.74, 6) is -0.0796. The number of carbonyl (C=O) groups excluding carboxylic acids is 1. The van der Waals surface area contributed by atoms with Crippen LogP contribution in [0.5, 0.6) is 0 Å². The first-order chi connectivity index (χ1) is 13.6. The van der Waals surface area contributed by atoms with Crippen LogP contribution < -0.4 is 5.32 Å². The van der Waals surface area contributed by atoms with Crippen molar-refractivity contribution in [1.29, 1.82) is 0 Å². The molecule has 1 aliphatic heterocycles. The average molecular weight is 382 g/mol. The minimum absolute atomic E-state index is 0.00733. The molecule has 1 aliphatic rings. The second kappa shape index (κ2) is 7.90. The lowest BCUT2D eigenvalue weighted by molar-refractivity contribution is -0.132. The third kappa shape index (κ3) is 3.94. The predicted molar refractivity (Wildman–Crippen MR) is 102 cm³/mol. The Bertz CT molecular complexity index is 961. The van der Waals surface area contributed by atoms with E-state index in [1.807, 2.05) is 4.90 Å². The molecule has 0 spiro atoms. The Morgan fingerprint density at radius 1 is 0.929 bits per heavy atom. The summed E-state index contributed by atoms with van der Waals surface area (Å²) in [4.78, 5) is 19.2. The average Bonchev–Trinajstić information content (AvgIpc) is 3.13. The van der Waals surface area contributed by atoms with Gasteiger partial charge >= 0.3 is 0 Å². The lowest BCUT2D eigenvalue weighted by Gasteiger charge is -2.27. The lowest BCUT2D eigenvalue weighted by Crippen LogP contribution is -2.47. The van der Waals surface area contributed by atoms with E-state index in [1.54, 1.807) is 35.0 Å². The first-order valence-electron chi connectivity index (χ1n) is 9.18. The number of amides is 1. The molecular formula is C21H20F2N4O. The predicted octanol–water partition coefficient (Wildman–Crippen LogP) is 2.93. The van der Waals surface area contributed by atoms with Gasteiger partial charge in [0.1, 0.15) is 24.0 Å². The number of hydrogen-bond donors (Lipinski definition) is 1. The summed E-state index contributed by atoms with van der Waals surface area (Å²) in [6.45, 7) is 3.04. The van der Waals surface area contributed by atoms with E-state index in [-0.39, 0.29) is 24.1 Å². The molecule has 2 heterocycles. The minimum Gasteiger partial charge on any atom is -0.339 e. The van der Waals surface area contributed by atoms with Crippen molar-refractivity contribution >= 4 is 5.91 Å². The lowest BCUT2D eigenvalue weighted by atomic mass is 10.2. The summed E-state index contributed by atoms with van der Waals surface area (Å²) in [5, 5.41) is 3.23. The topological polar surface area (TPSA) is 50.2 Å². The molecule has 1 aromatic heterocycles. The molecule has 0 radical (unpaired) electrons. The highest BCUT2D eigenvalue weighted by atomic mass is 19.1. The number of nitrogens with zero attached hydrogens (tertiary/aromatic N) is 3. The molecular weight excluding hydrogens is 362 g/mol. The third-order valence-electron chi connectivity index (χ3n) is 4.79. The fourth-order valence-corrected chi connectivity index (χ4v) is 3.29. The highest BCUT2D eigenvalue weighted by Crippen LogP contribution is 2.25. The van der Waals surface area contributed by atoms with E-state index >= 15 is 0 Å². The summed E-state index contributed by atoms with van der Waals surface area (Å²) < 4.78 is 28.4. The van der Waals surface area contributed by atoms with Gasteiger partial charge in [-0.15, -0.1) is 0 Å². The van der Waals surface area contributed by atoms with Crippen molar-refractivity contribution in [1.82, 2.24) is 19.8 Å². The van der Waals surface area contributed by atoms with E-state index in [1.165, 1.54) is 24.3 Å². The molecule has 0 bridgehead atoms. The van der Waals surface area contributed by atoms with Crippen LogP contribution in [0.3, 0.4) is 0 Å². The standard InChI is InChI=1S/C21H20F2N4O/c22-17-5-1-15(2-6-17)19-13-27(14-20(28)26-11-9-24-10-12-26)21(25-19)16-3-7-18(23)8-4-16/h1-8,13,24H,9-12,14H2. The van der Waals surface area contributed by atoms with Gasteiger partial charge in [0.15, 0.2) is 0 Å². The van der Waals surface area contributed by atoms with Crippen molar-refractivity contribution in [3.05, 3.63) is 66.4 Å². The van der Waals surface area contributed by atoms with E-state index in [9.17, 15) is 13.6 Å². The van der Waals surface area contributed by atoms with Gasteiger partial charge in [0.25, 0.3) is 0 Å². The smallest absolute Gasteiger partial charge is 0.242 e. The van der Waals surface area contributed by atoms with Crippen molar-refractivity contribution in [2.45, 2.75) is 6.54 Å². The number of aromatic nitrogens is 2. The summed E-state index contributed by atoms with van der Waals surface area (Å²) in [6.07, 6.45) is 1.78. The number of rotatable bonds is 4. The molecule has 28 heavy (non-hydrogen) atoms. The number of benzene rings is 2. The van der Waals surface area contributed by atoms with Crippen LogP contribution in [0.2, 0.25) is 0 Å². The second-order valence-corrected chi connectivity index (χ2v) is 6.72. The molecule has 1 amide bonds. The molecule has 3 aromatic rings. The normalized spacial score (nSPS) is 14.3. The molecule has 144 valence electrons. The first-order valence-corrected chi connectivity index (χ1v) is 9.18. The highest BCUT2D eigenvalue weighted by molar-refractivity contribution is 5.77. The third-order valence-corrected chi connectivity index (χ3v) is 4.79. The quantitative estimate of drug-likeness (QED) is 0.755. The van der Waals surface area contributed by atoms with E-state index in [4.69, 9.17) is 0 Å². The van der Waals surface area contributed by atoms with Gasteiger partial charge in [0.2, 0.25) is 5.91 Å². The summed E-state index contributed by atoms with van der Waals surface area (Å²) >= 11 is 0. The van der Waals surface area contributed by atoms with E-state index in [0.29, 0.717) is 30.2 Å². The van der Waals surface area contributed by atoms with Crippen LogP contribution in [-0.2, 0) is 11.3 Å². The molecule has 2 aromatic carbocycles. The molecule has 5 nitrogen and oxygen atoms in total. The van der Waals surface area contributed by atoms with Crippen LogP contribution in [-0.4, -0.2) is 46.5 Å². The Hall–Kier alpha value is -3.06. The van der Waals surface area contributed by atoms with Gasteiger partial charge < -0.3 is 14.8 Å². The van der Waals surface area contributed by atoms with Gasteiger partial charge in [-0.05, 0) is 48.5 Å². The van der Waals surface area contributed by atoms with Gasteiger partial charge in [-0.2, -0.15) is 0 Å². The van der Waals surface area contributed by atoms with Crippen molar-refractivity contribution in [3.8, 4) is 22.6 Å². The van der Waals surface area contributed by atoms with Gasteiger partial charge in [0.05, 0.1) is 5.69 Å². The molecule has 1 N–H and O–H groups in total. The Morgan fingerprint density at radius 3 is 2.11 bits per heavy atom. The number of carbonyl (C=O) groups is 1. The fraction of sp³-hybridized carbons (Fsp3) is 0.238. The van der Waals surface area contributed by atoms with Crippen LogP contribution in [0.4, 0.5) is 8.78 Å². The molecule has 7 heteroatoms. The number of hydrogen-bond acceptors (Lipinski definition) is 3. The number of imidazole rings is 1. The SMILES string of the molecule is O=C(Cn1cc(-c2ccc(F)cc2)nc1-c1ccc(F)cc1)N1CCNCC1. The van der Waals surface area contributed by atoms with Gasteiger partial charge in [-0.3, -0.25) is 4.79 Å². The monoisotopic (exact) mass is 382 g/mol. The van der Waals surface area contributed by atoms with Gasteiger partial charge in [0, 0.05) is 43.5 Å². The van der Waals surface area contributed by atoms with Crippen LogP contribution in [0.25, 0.3) is 22.6 Å². The van der Waals surface area contributed by atoms with E-state index < -0.39 is 0 Å². The molecule has 1 fully saturated rings. The van der Waals surface area contributed by atoms with Crippen LogP contribution in [0.1, 0.15) is 0 Å². The fourth-order valence-electron chi connectivity index (χ4n) is 3.29. The Labute approximate surface area is 161 Å². The maximum absolute atomic E-state index is 13.3. The maximum Gasteiger partial charge on any atom is 0.242 e. The minimum atomic E-state index is -0.336. The zero-order valence-electron chi connectivity index (χ0n) is 15.2. The van der Waals surface area contributed by atoms with Crippen molar-refractivity contribution in [2.75, 3.05) is 26.2 Å². The Morgan fingerprint density at radius 2 is 1.50 bits per heavy atom. The Kier molecular flexibility index (Phi) is 5.16. The van der Waals surface area contributed by atoms with Crippen LogP contribution >= 0.6 is 0 Å². The van der Waals surface area contributed by atoms with E-state index in [2.05, 4.69) is 10.3 Å². The Balaban J connectivity index is 1.68. The van der Waals surface area contributed by atoms with Crippen molar-refractivity contribution in [3.63, 3.8) is 0 Å². The van der Waals surface area contributed by atoms with Crippen LogP contribution in [0, 0.1) is 11.6 Å². The van der Waals surface area contributed by atoms with Gasteiger partial charge in [-0.25, -0.2) is 13.8 Å². The molecule has 0 saturated carbocycles. The largest absolute Gasteiger partial charge is 0.339 e. The highest BCUT2D eigenvalue weighted by Gasteiger charge is 2.19. The summed E-state index contributed by atoms with van der Waals surface area (Å²) in [6, 6.07) is 12.0. The molecule has 0 aliphatic carbocycles. The van der Waals surface area contributed by atoms with Crippen molar-refractivity contribution in [2.24, 2.45) is 0 Å². The number of nitrogens with one attached hydrogen (secondary N) is 1. The van der Waals surface area contributed by atoms with Gasteiger partial charge in [-0.1, -0.05) is 0 Å². The number of halogens is 2. The molecule has 0 atom stereocenters. The zero-order valence-corrected chi connectivity index (χ0v) is 15.2. The van der Waals surface area contributed by atoms with Crippen molar-refractivity contribution < 1.29 is 13.6 Å². The zero-order chi connectivity index (χ0) is 19.5. The van der Waals surface area contributed by atoms with Crippen LogP contribution in [0.15, 0.2) is 54.7 Å². The summed E-state index contributed by atoms with van der Waals surface area (Å²) in [5.41, 5.74) is 2.09. The second-order valence-electron chi connectivity index (χ2n) is 6.72. The summed E-state index contributed by atoms with van der Waals surface area (Å²) in [7, 11) is 0. The molecule has 1 saturated heterocycles. The first kappa shape index (κ1) is 18.3. The molecule has 4 rings (SSSR count). The number of piperazine rings is 1. The maximum atomic E-state index is 13.3.